The van der Waals surface area contributed by atoms with Crippen LogP contribution in [0.1, 0.15) is 69.4 Å². The van der Waals surface area contributed by atoms with Gasteiger partial charge in [-0.15, -0.1) is 0 Å². The van der Waals surface area contributed by atoms with Gasteiger partial charge in [-0.3, -0.25) is 5.43 Å². The van der Waals surface area contributed by atoms with Crippen molar-refractivity contribution in [1.29, 1.82) is 0 Å². The van der Waals surface area contributed by atoms with Crippen LogP contribution in [0.25, 0.3) is 0 Å². The van der Waals surface area contributed by atoms with Gasteiger partial charge < -0.3 is 10.8 Å². The molecule has 1 aromatic rings. The summed E-state index contributed by atoms with van der Waals surface area (Å²) in [6, 6.07) is 6.06. The largest absolute Gasteiger partial charge is 0.508 e. The van der Waals surface area contributed by atoms with Gasteiger partial charge >= 0.3 is 0 Å². The highest BCUT2D eigenvalue weighted by atomic mass is 16.3. The molecular formula is C23H33N3O. The van der Waals surface area contributed by atoms with Crippen molar-refractivity contribution in [2.24, 2.45) is 33.5 Å². The van der Waals surface area contributed by atoms with E-state index in [-0.39, 0.29) is 0 Å². The summed E-state index contributed by atoms with van der Waals surface area (Å²) in [6.45, 7) is 8.63. The van der Waals surface area contributed by atoms with E-state index in [1.54, 1.807) is 0 Å². The van der Waals surface area contributed by atoms with E-state index in [1.165, 1.54) is 43.2 Å². The van der Waals surface area contributed by atoms with E-state index in [4.69, 9.17) is 5.73 Å². The summed E-state index contributed by atoms with van der Waals surface area (Å²) in [5.41, 5.74) is 11.8. The van der Waals surface area contributed by atoms with Crippen LogP contribution in [0.4, 0.5) is 0 Å². The van der Waals surface area contributed by atoms with E-state index in [1.807, 2.05) is 18.3 Å². The summed E-state index contributed by atoms with van der Waals surface area (Å²) in [6.07, 6.45) is 10.5. The minimum absolute atomic E-state index is 0.291. The third-order valence-corrected chi connectivity index (χ3v) is 8.33. The molecule has 2 saturated carbocycles. The molecule has 4 N–H and O–H groups in total. The van der Waals surface area contributed by atoms with Crippen LogP contribution in [0.15, 0.2) is 35.7 Å². The lowest BCUT2D eigenvalue weighted by Crippen LogP contribution is -2.46. The number of nitrogens with zero attached hydrogens (tertiary/aromatic N) is 1. The first-order valence-electron chi connectivity index (χ1n) is 10.4. The molecule has 0 heterocycles. The second-order valence-corrected chi connectivity index (χ2v) is 9.51. The van der Waals surface area contributed by atoms with Crippen LogP contribution >= 0.6 is 0 Å². The molecule has 1 aromatic carbocycles. The zero-order valence-electron chi connectivity index (χ0n) is 16.7. The van der Waals surface area contributed by atoms with Gasteiger partial charge in [0.1, 0.15) is 11.6 Å². The number of phenolic OH excluding ortho intramolecular Hbond substituents is 1. The van der Waals surface area contributed by atoms with E-state index in [0.29, 0.717) is 28.3 Å². The predicted molar refractivity (Wildman–Crippen MR) is 110 cm³/mol. The zero-order valence-corrected chi connectivity index (χ0v) is 16.7. The summed E-state index contributed by atoms with van der Waals surface area (Å²) < 4.78 is 0. The molecule has 0 spiro atoms. The second-order valence-electron chi connectivity index (χ2n) is 9.51. The molecule has 4 heteroatoms. The highest BCUT2D eigenvalue weighted by Gasteiger charge is 2.59. The van der Waals surface area contributed by atoms with Crippen molar-refractivity contribution in [1.82, 2.24) is 5.43 Å². The molecule has 2 fully saturated rings. The first-order chi connectivity index (χ1) is 12.8. The van der Waals surface area contributed by atoms with Gasteiger partial charge in [0.2, 0.25) is 0 Å². The zero-order chi connectivity index (χ0) is 19.2. The number of benzene rings is 1. The molecule has 146 valence electrons. The van der Waals surface area contributed by atoms with Crippen molar-refractivity contribution < 1.29 is 5.11 Å². The number of rotatable bonds is 4. The molecular weight excluding hydrogens is 334 g/mol. The normalized spacial score (nSPS) is 37.5. The minimum atomic E-state index is 0.291. The number of phenols is 1. The molecule has 0 aliphatic heterocycles. The van der Waals surface area contributed by atoms with E-state index < -0.39 is 0 Å². The van der Waals surface area contributed by atoms with Gasteiger partial charge in [0.05, 0.1) is 0 Å². The minimum Gasteiger partial charge on any atom is -0.508 e. The standard InChI is InChI=1S/C23H33N3O/c1-15(24)26-25-13-12-22(2)10-9-21-20-6-4-16-14-17(27)5-7-18(16)19(20)8-11-23(21,22)3/h5,7,13-14,19-21,26-27H,1,4,6,8-12,24H2,2-3H3/b25-13+. The Hall–Kier alpha value is -1.97. The Balaban J connectivity index is 1.55. The number of fused-ring (bicyclic) bond motifs is 5. The summed E-state index contributed by atoms with van der Waals surface area (Å²) in [5.74, 6) is 3.04. The molecule has 0 radical (unpaired) electrons. The molecule has 0 amide bonds. The smallest absolute Gasteiger partial charge is 0.115 e. The van der Waals surface area contributed by atoms with Crippen molar-refractivity contribution in [2.75, 3.05) is 0 Å². The van der Waals surface area contributed by atoms with Crippen molar-refractivity contribution >= 4 is 6.21 Å². The predicted octanol–water partition coefficient (Wildman–Crippen LogP) is 4.65. The Morgan fingerprint density at radius 1 is 1.33 bits per heavy atom. The maximum absolute atomic E-state index is 9.85. The number of hydrogen-bond donors (Lipinski definition) is 3. The first kappa shape index (κ1) is 18.4. The SMILES string of the molecule is C=C(N)N/N=C/CC1(C)CCC2C3CCc4cc(O)ccc4C3CCC21C. The second kappa shape index (κ2) is 6.57. The van der Waals surface area contributed by atoms with Crippen molar-refractivity contribution in [3.8, 4) is 5.75 Å². The highest BCUT2D eigenvalue weighted by molar-refractivity contribution is 5.58. The van der Waals surface area contributed by atoms with Gasteiger partial charge in [-0.25, -0.2) is 0 Å². The average molecular weight is 368 g/mol. The maximum Gasteiger partial charge on any atom is 0.115 e. The van der Waals surface area contributed by atoms with Gasteiger partial charge in [0.25, 0.3) is 0 Å². The number of nitrogens with two attached hydrogens (primary N) is 1. The number of nitrogens with one attached hydrogen (secondary N) is 1. The summed E-state index contributed by atoms with van der Waals surface area (Å²) >= 11 is 0. The molecule has 0 bridgehead atoms. The molecule has 27 heavy (non-hydrogen) atoms. The Morgan fingerprint density at radius 2 is 2.15 bits per heavy atom. The van der Waals surface area contributed by atoms with Crippen LogP contribution in [0.2, 0.25) is 0 Å². The van der Waals surface area contributed by atoms with E-state index >= 15 is 0 Å². The maximum atomic E-state index is 9.85. The first-order valence-corrected chi connectivity index (χ1v) is 10.4. The number of aromatic hydroxyl groups is 1. The van der Waals surface area contributed by atoms with Gasteiger partial charge in [0, 0.05) is 6.21 Å². The van der Waals surface area contributed by atoms with Gasteiger partial charge in [-0.05, 0) is 96.8 Å². The van der Waals surface area contributed by atoms with Crippen molar-refractivity contribution in [3.05, 3.63) is 41.7 Å². The Morgan fingerprint density at radius 3 is 2.93 bits per heavy atom. The summed E-state index contributed by atoms with van der Waals surface area (Å²) in [4.78, 5) is 0. The lowest BCUT2D eigenvalue weighted by molar-refractivity contribution is -0.0138. The summed E-state index contributed by atoms with van der Waals surface area (Å²) in [7, 11) is 0. The third-order valence-electron chi connectivity index (χ3n) is 8.33. The van der Waals surface area contributed by atoms with E-state index in [0.717, 1.165) is 24.7 Å². The molecule has 4 nitrogen and oxygen atoms in total. The fourth-order valence-corrected chi connectivity index (χ4v) is 6.64. The van der Waals surface area contributed by atoms with Crippen LogP contribution < -0.4 is 11.2 Å². The van der Waals surface area contributed by atoms with Crippen LogP contribution in [-0.2, 0) is 6.42 Å². The van der Waals surface area contributed by atoms with Gasteiger partial charge in [-0.1, -0.05) is 26.5 Å². The molecule has 3 aliphatic carbocycles. The van der Waals surface area contributed by atoms with Crippen molar-refractivity contribution in [3.63, 3.8) is 0 Å². The van der Waals surface area contributed by atoms with Gasteiger partial charge in [-0.2, -0.15) is 5.10 Å². The summed E-state index contributed by atoms with van der Waals surface area (Å²) in [5, 5.41) is 14.1. The molecule has 5 atom stereocenters. The van der Waals surface area contributed by atoms with Crippen LogP contribution in [0, 0.1) is 22.7 Å². The van der Waals surface area contributed by atoms with Gasteiger partial charge in [0.15, 0.2) is 0 Å². The lowest BCUT2D eigenvalue weighted by atomic mass is 9.50. The molecule has 0 saturated heterocycles. The quantitative estimate of drug-likeness (QED) is 0.536. The van der Waals surface area contributed by atoms with E-state index in [9.17, 15) is 5.11 Å². The fraction of sp³-hybridized carbons (Fsp3) is 0.609. The Kier molecular flexibility index (Phi) is 4.48. The topological polar surface area (TPSA) is 70.6 Å². The Labute approximate surface area is 162 Å². The van der Waals surface area contributed by atoms with Crippen LogP contribution in [0.3, 0.4) is 0 Å². The molecule has 0 aromatic heterocycles. The highest BCUT2D eigenvalue weighted by Crippen LogP contribution is 2.68. The molecule has 3 aliphatic rings. The lowest BCUT2D eigenvalue weighted by Gasteiger charge is -2.54. The third kappa shape index (κ3) is 2.94. The number of hydrazone groups is 1. The van der Waals surface area contributed by atoms with Crippen molar-refractivity contribution in [2.45, 2.75) is 64.7 Å². The number of hydrogen-bond acceptors (Lipinski definition) is 4. The fourth-order valence-electron chi connectivity index (χ4n) is 6.64. The number of aryl methyl sites for hydroxylation is 1. The van der Waals surface area contributed by atoms with Crippen LogP contribution in [-0.4, -0.2) is 11.3 Å². The molecule has 5 unspecified atom stereocenters. The van der Waals surface area contributed by atoms with E-state index in [2.05, 4.69) is 37.0 Å². The average Bonchev–Trinajstić information content (AvgIpc) is 2.90. The molecule has 4 rings (SSSR count). The monoisotopic (exact) mass is 367 g/mol. The van der Waals surface area contributed by atoms with Crippen LogP contribution in [0.5, 0.6) is 5.75 Å². The Bertz CT molecular complexity index is 773.